The molecule has 0 bridgehead atoms. The standard InChI is InChI=1S/C14H18N2O3/c1-9-11(14(18)19)6-7-12(16-9)13(17)15-8-2-3-10-4-5-10/h6-7,10H,2-5,8H2,1H3,(H,15,17)(H,18,19). The van der Waals surface area contributed by atoms with Gasteiger partial charge < -0.3 is 10.4 Å². The average molecular weight is 262 g/mol. The number of pyridine rings is 1. The third-order valence-corrected chi connectivity index (χ3v) is 3.32. The SMILES string of the molecule is Cc1nc(C(=O)NCCCC2CC2)ccc1C(=O)O. The van der Waals surface area contributed by atoms with E-state index < -0.39 is 5.97 Å². The highest BCUT2D eigenvalue weighted by Crippen LogP contribution is 2.33. The van der Waals surface area contributed by atoms with Gasteiger partial charge in [0.2, 0.25) is 0 Å². The largest absolute Gasteiger partial charge is 0.478 e. The normalized spacial score (nSPS) is 14.2. The van der Waals surface area contributed by atoms with Gasteiger partial charge in [-0.05, 0) is 37.8 Å². The number of nitrogens with one attached hydrogen (secondary N) is 1. The maximum atomic E-state index is 11.8. The van der Waals surface area contributed by atoms with Crippen LogP contribution in [0.15, 0.2) is 12.1 Å². The van der Waals surface area contributed by atoms with Crippen molar-refractivity contribution in [1.82, 2.24) is 10.3 Å². The molecular formula is C14H18N2O3. The summed E-state index contributed by atoms with van der Waals surface area (Å²) in [6.45, 7) is 2.24. The van der Waals surface area contributed by atoms with Gasteiger partial charge in [-0.25, -0.2) is 9.78 Å². The molecule has 0 aliphatic heterocycles. The monoisotopic (exact) mass is 262 g/mol. The van der Waals surface area contributed by atoms with Gasteiger partial charge >= 0.3 is 5.97 Å². The second-order valence-corrected chi connectivity index (χ2v) is 4.98. The Kier molecular flexibility index (Phi) is 4.14. The molecule has 1 aromatic rings. The van der Waals surface area contributed by atoms with Gasteiger partial charge in [-0.3, -0.25) is 4.79 Å². The van der Waals surface area contributed by atoms with Crippen LogP contribution in [0, 0.1) is 12.8 Å². The predicted octanol–water partition coefficient (Wildman–Crippen LogP) is 2.01. The Morgan fingerprint density at radius 2 is 2.16 bits per heavy atom. The van der Waals surface area contributed by atoms with Crippen molar-refractivity contribution < 1.29 is 14.7 Å². The van der Waals surface area contributed by atoms with Gasteiger partial charge in [0.1, 0.15) is 5.69 Å². The Balaban J connectivity index is 1.87. The molecule has 0 radical (unpaired) electrons. The third-order valence-electron chi connectivity index (χ3n) is 3.32. The minimum atomic E-state index is -1.03. The maximum Gasteiger partial charge on any atom is 0.337 e. The van der Waals surface area contributed by atoms with E-state index in [4.69, 9.17) is 5.11 Å². The minimum Gasteiger partial charge on any atom is -0.478 e. The van der Waals surface area contributed by atoms with Crippen LogP contribution in [-0.4, -0.2) is 28.5 Å². The Labute approximate surface area is 112 Å². The van der Waals surface area contributed by atoms with Crippen molar-refractivity contribution in [3.05, 3.63) is 29.1 Å². The number of amides is 1. The van der Waals surface area contributed by atoms with Crippen LogP contribution in [0.1, 0.15) is 52.2 Å². The zero-order valence-electron chi connectivity index (χ0n) is 11.0. The molecule has 1 aliphatic rings. The molecule has 2 rings (SSSR count). The van der Waals surface area contributed by atoms with E-state index >= 15 is 0 Å². The summed E-state index contributed by atoms with van der Waals surface area (Å²) in [5.74, 6) is -0.399. The molecule has 0 unspecified atom stereocenters. The number of carboxylic acid groups (broad SMARTS) is 1. The summed E-state index contributed by atoms with van der Waals surface area (Å²) in [6, 6.07) is 2.87. The van der Waals surface area contributed by atoms with Gasteiger partial charge in [0, 0.05) is 6.54 Å². The molecule has 1 fully saturated rings. The minimum absolute atomic E-state index is 0.130. The van der Waals surface area contributed by atoms with E-state index in [0.717, 1.165) is 12.3 Å². The van der Waals surface area contributed by atoms with Crippen LogP contribution >= 0.6 is 0 Å². The van der Waals surface area contributed by atoms with E-state index in [1.165, 1.54) is 31.4 Å². The van der Waals surface area contributed by atoms with Crippen molar-refractivity contribution in [1.29, 1.82) is 0 Å². The first-order valence-corrected chi connectivity index (χ1v) is 6.57. The zero-order valence-corrected chi connectivity index (χ0v) is 11.0. The molecule has 1 heterocycles. The molecule has 0 atom stereocenters. The number of rotatable bonds is 6. The summed E-state index contributed by atoms with van der Waals surface area (Å²) in [6.07, 6.45) is 4.81. The zero-order chi connectivity index (χ0) is 13.8. The van der Waals surface area contributed by atoms with Crippen molar-refractivity contribution in [2.45, 2.75) is 32.6 Å². The van der Waals surface area contributed by atoms with E-state index in [1.54, 1.807) is 6.92 Å². The summed E-state index contributed by atoms with van der Waals surface area (Å²) in [5, 5.41) is 11.7. The van der Waals surface area contributed by atoms with E-state index in [-0.39, 0.29) is 17.2 Å². The van der Waals surface area contributed by atoms with Crippen molar-refractivity contribution in [2.75, 3.05) is 6.54 Å². The molecule has 1 aliphatic carbocycles. The Bertz CT molecular complexity index is 495. The van der Waals surface area contributed by atoms with Crippen LogP contribution in [0.2, 0.25) is 0 Å². The first-order valence-electron chi connectivity index (χ1n) is 6.57. The van der Waals surface area contributed by atoms with Crippen molar-refractivity contribution >= 4 is 11.9 Å². The van der Waals surface area contributed by atoms with E-state index in [9.17, 15) is 9.59 Å². The van der Waals surface area contributed by atoms with Crippen LogP contribution in [0.4, 0.5) is 0 Å². The first-order chi connectivity index (χ1) is 9.08. The lowest BCUT2D eigenvalue weighted by molar-refractivity contribution is 0.0694. The number of hydrogen-bond donors (Lipinski definition) is 2. The number of hydrogen-bond acceptors (Lipinski definition) is 3. The number of aromatic nitrogens is 1. The second kappa shape index (κ2) is 5.82. The van der Waals surface area contributed by atoms with Crippen LogP contribution < -0.4 is 5.32 Å². The summed E-state index contributed by atoms with van der Waals surface area (Å²) in [5.41, 5.74) is 0.761. The third kappa shape index (κ3) is 3.77. The molecule has 5 heteroatoms. The van der Waals surface area contributed by atoms with Crippen LogP contribution in [-0.2, 0) is 0 Å². The van der Waals surface area contributed by atoms with Crippen LogP contribution in [0.25, 0.3) is 0 Å². The summed E-state index contributed by atoms with van der Waals surface area (Å²) < 4.78 is 0. The van der Waals surface area contributed by atoms with Gasteiger partial charge in [0.25, 0.3) is 5.91 Å². The average Bonchev–Trinajstić information content (AvgIpc) is 3.17. The van der Waals surface area contributed by atoms with Gasteiger partial charge in [-0.1, -0.05) is 12.8 Å². The fourth-order valence-corrected chi connectivity index (χ4v) is 2.00. The quantitative estimate of drug-likeness (QED) is 0.768. The smallest absolute Gasteiger partial charge is 0.337 e. The van der Waals surface area contributed by atoms with Gasteiger partial charge in [-0.2, -0.15) is 0 Å². The topological polar surface area (TPSA) is 79.3 Å². The molecule has 0 spiro atoms. The molecule has 0 aromatic carbocycles. The lowest BCUT2D eigenvalue weighted by Crippen LogP contribution is -2.26. The highest BCUT2D eigenvalue weighted by molar-refractivity contribution is 5.94. The van der Waals surface area contributed by atoms with Gasteiger partial charge in [0.05, 0.1) is 11.3 Å². The summed E-state index contributed by atoms with van der Waals surface area (Å²) >= 11 is 0. The molecule has 1 aromatic heterocycles. The molecule has 102 valence electrons. The fraction of sp³-hybridized carbons (Fsp3) is 0.500. The van der Waals surface area contributed by atoms with Crippen molar-refractivity contribution in [3.8, 4) is 0 Å². The molecule has 1 saturated carbocycles. The Morgan fingerprint density at radius 1 is 1.42 bits per heavy atom. The van der Waals surface area contributed by atoms with Crippen molar-refractivity contribution in [2.24, 2.45) is 5.92 Å². The lowest BCUT2D eigenvalue weighted by atomic mass is 10.2. The Hall–Kier alpha value is -1.91. The number of aryl methyl sites for hydroxylation is 1. The van der Waals surface area contributed by atoms with Crippen LogP contribution in [0.5, 0.6) is 0 Å². The summed E-state index contributed by atoms with van der Waals surface area (Å²) in [7, 11) is 0. The lowest BCUT2D eigenvalue weighted by Gasteiger charge is -2.06. The molecular weight excluding hydrogens is 244 g/mol. The molecule has 2 N–H and O–H groups in total. The Morgan fingerprint density at radius 3 is 2.74 bits per heavy atom. The van der Waals surface area contributed by atoms with Crippen LogP contribution in [0.3, 0.4) is 0 Å². The summed E-state index contributed by atoms with van der Waals surface area (Å²) in [4.78, 5) is 26.7. The first kappa shape index (κ1) is 13.5. The number of carbonyl (C=O) groups is 2. The van der Waals surface area contributed by atoms with E-state index in [0.29, 0.717) is 12.2 Å². The number of nitrogens with zero attached hydrogens (tertiary/aromatic N) is 1. The number of aromatic carboxylic acids is 1. The highest BCUT2D eigenvalue weighted by Gasteiger charge is 2.20. The second-order valence-electron chi connectivity index (χ2n) is 4.98. The highest BCUT2D eigenvalue weighted by atomic mass is 16.4. The molecule has 1 amide bonds. The predicted molar refractivity (Wildman–Crippen MR) is 70.2 cm³/mol. The maximum absolute atomic E-state index is 11.8. The fourth-order valence-electron chi connectivity index (χ4n) is 2.00. The molecule has 19 heavy (non-hydrogen) atoms. The molecule has 5 nitrogen and oxygen atoms in total. The van der Waals surface area contributed by atoms with E-state index in [1.807, 2.05) is 0 Å². The van der Waals surface area contributed by atoms with E-state index in [2.05, 4.69) is 10.3 Å². The number of carboxylic acids is 1. The molecule has 0 saturated heterocycles. The van der Waals surface area contributed by atoms with Crippen molar-refractivity contribution in [3.63, 3.8) is 0 Å². The van der Waals surface area contributed by atoms with Gasteiger partial charge in [-0.15, -0.1) is 0 Å². The number of carbonyl (C=O) groups excluding carboxylic acids is 1. The van der Waals surface area contributed by atoms with Gasteiger partial charge in [0.15, 0.2) is 0 Å².